The van der Waals surface area contributed by atoms with Crippen molar-refractivity contribution in [3.8, 4) is 0 Å². The molecular formula is C26H36N2O22S2. The number of rotatable bonds is 19. The molecule has 0 saturated carbocycles. The Kier molecular flexibility index (Phi) is 17.6. The van der Waals surface area contributed by atoms with Crippen molar-refractivity contribution in [2.45, 2.75) is 99.6 Å². The van der Waals surface area contributed by atoms with Gasteiger partial charge in [-0.05, 0) is 12.8 Å². The summed E-state index contributed by atoms with van der Waals surface area (Å²) in [7, 11) is -10.9. The number of imide groups is 2. The lowest BCUT2D eigenvalue weighted by molar-refractivity contribution is -0.158. The molecule has 8 N–H and O–H groups in total. The van der Waals surface area contributed by atoms with Crippen molar-refractivity contribution in [3.05, 3.63) is 0 Å². The van der Waals surface area contributed by atoms with Gasteiger partial charge in [0.05, 0.1) is 0 Å². The predicted molar refractivity (Wildman–Crippen MR) is 163 cm³/mol. The maximum Gasteiger partial charge on any atom is 0.348 e. The van der Waals surface area contributed by atoms with Gasteiger partial charge in [0.1, 0.15) is 0 Å². The van der Waals surface area contributed by atoms with Gasteiger partial charge in [-0.3, -0.25) is 47.5 Å². The van der Waals surface area contributed by atoms with Gasteiger partial charge in [-0.2, -0.15) is 16.8 Å². The number of carboxylic acids is 6. The zero-order valence-corrected chi connectivity index (χ0v) is 28.5. The van der Waals surface area contributed by atoms with E-state index in [1.54, 1.807) is 0 Å². The largest absolute Gasteiger partial charge is 0.481 e. The predicted octanol–water partition coefficient (Wildman–Crippen LogP) is -1.17. The van der Waals surface area contributed by atoms with E-state index < -0.39 is 141 Å². The van der Waals surface area contributed by atoms with Gasteiger partial charge in [-0.15, -0.1) is 0 Å². The number of carbonyl (C=O) groups excluding carboxylic acids is 4. The van der Waals surface area contributed by atoms with Crippen LogP contribution in [-0.4, -0.2) is 136 Å². The first-order chi connectivity index (χ1) is 23.7. The highest BCUT2D eigenvalue weighted by atomic mass is 32.2. The molecule has 2 rings (SSSR count). The topological polar surface area (TPSA) is 407 Å². The Hall–Kier alpha value is -5.08. The molecule has 24 nitrogen and oxygen atoms in total. The van der Waals surface area contributed by atoms with Crippen LogP contribution in [0.4, 0.5) is 0 Å². The average molecular weight is 793 g/mol. The van der Waals surface area contributed by atoms with Gasteiger partial charge in [0.25, 0.3) is 9.74 Å². The van der Waals surface area contributed by atoms with Crippen LogP contribution in [-0.2, 0) is 68.2 Å². The van der Waals surface area contributed by atoms with Gasteiger partial charge in [0.2, 0.25) is 23.6 Å². The maximum absolute atomic E-state index is 11.5. The van der Waals surface area contributed by atoms with Crippen molar-refractivity contribution >= 4 is 79.7 Å². The van der Waals surface area contributed by atoms with Crippen LogP contribution in [0.25, 0.3) is 0 Å². The second-order valence-corrected chi connectivity index (χ2v) is 14.1. The second kappa shape index (κ2) is 19.5. The van der Waals surface area contributed by atoms with Crippen molar-refractivity contribution in [3.63, 3.8) is 0 Å². The van der Waals surface area contributed by atoms with Crippen LogP contribution in [0.1, 0.15) is 89.9 Å². The summed E-state index contributed by atoms with van der Waals surface area (Å²) >= 11 is 0. The summed E-state index contributed by atoms with van der Waals surface area (Å²) in [5.74, 6) is -13.4. The molecule has 0 aromatic heterocycles. The molecule has 26 heteroatoms. The molecule has 4 amide bonds. The van der Waals surface area contributed by atoms with Crippen LogP contribution < -0.4 is 0 Å². The van der Waals surface area contributed by atoms with Crippen molar-refractivity contribution in [2.24, 2.45) is 0 Å². The molecule has 2 saturated heterocycles. The van der Waals surface area contributed by atoms with E-state index >= 15 is 0 Å². The molecule has 2 atom stereocenters. The van der Waals surface area contributed by atoms with Crippen LogP contribution in [0.15, 0.2) is 0 Å². The molecule has 2 aliphatic rings. The number of unbranched alkanes of at least 4 members (excludes halogenated alkanes) is 3. The summed E-state index contributed by atoms with van der Waals surface area (Å²) < 4.78 is 64.0. The van der Waals surface area contributed by atoms with Crippen molar-refractivity contribution < 1.29 is 105 Å². The third-order valence-corrected chi connectivity index (χ3v) is 10.1. The number of likely N-dealkylation sites (tertiary alicyclic amines) is 2. The Morgan fingerprint density at radius 3 is 0.865 bits per heavy atom. The zero-order chi connectivity index (χ0) is 40.8. The molecular weight excluding hydrogens is 756 g/mol. The fourth-order valence-electron chi connectivity index (χ4n) is 4.76. The number of nitrogens with zero attached hydrogens (tertiary/aromatic N) is 2. The average Bonchev–Trinajstić information content (AvgIpc) is 3.49. The molecule has 294 valence electrons. The SMILES string of the molecule is O=C(O)CCC(C(=O)O)(N1C(=O)CCC1=O)S(=O)(=O)O.O=C(O)CCC(C(=O)O)(N1C(=O)CCC1=O)S(=O)(=O)O.O=C(O)CCCCCCC(=O)O. The Bertz CT molecular complexity index is 1520. The minimum Gasteiger partial charge on any atom is -0.481 e. The van der Waals surface area contributed by atoms with Crippen molar-refractivity contribution in [1.29, 1.82) is 0 Å². The molecule has 0 aromatic rings. The van der Waals surface area contributed by atoms with Crippen LogP contribution >= 0.6 is 0 Å². The number of aliphatic carboxylic acids is 6. The summed E-state index contributed by atoms with van der Waals surface area (Å²) in [6.45, 7) is 0. The van der Waals surface area contributed by atoms with Crippen molar-refractivity contribution in [1.82, 2.24) is 9.80 Å². The monoisotopic (exact) mass is 792 g/mol. The highest BCUT2D eigenvalue weighted by Crippen LogP contribution is 2.34. The number of amides is 4. The van der Waals surface area contributed by atoms with E-state index in [1.165, 1.54) is 0 Å². The summed E-state index contributed by atoms with van der Waals surface area (Å²) in [6, 6.07) is 0. The third kappa shape index (κ3) is 12.3. The summed E-state index contributed by atoms with van der Waals surface area (Å²) in [5, 5.41) is 51.8. The van der Waals surface area contributed by atoms with E-state index in [0.717, 1.165) is 12.8 Å². The lowest BCUT2D eigenvalue weighted by atomic mass is 10.1. The lowest BCUT2D eigenvalue weighted by Crippen LogP contribution is -2.61. The molecule has 0 aromatic carbocycles. The highest BCUT2D eigenvalue weighted by molar-refractivity contribution is 7.88. The maximum atomic E-state index is 11.5. The van der Waals surface area contributed by atoms with E-state index in [2.05, 4.69) is 0 Å². The molecule has 0 spiro atoms. The molecule has 0 aliphatic carbocycles. The Morgan fingerprint density at radius 2 is 0.692 bits per heavy atom. The van der Waals surface area contributed by atoms with Gasteiger partial charge in [0.15, 0.2) is 0 Å². The Morgan fingerprint density at radius 1 is 0.462 bits per heavy atom. The quantitative estimate of drug-likeness (QED) is 0.0434. The minimum absolute atomic E-state index is 0.0758. The van der Waals surface area contributed by atoms with Crippen LogP contribution in [0.2, 0.25) is 0 Å². The van der Waals surface area contributed by atoms with Crippen LogP contribution in [0.3, 0.4) is 0 Å². The van der Waals surface area contributed by atoms with Gasteiger partial charge in [-0.1, -0.05) is 12.8 Å². The van der Waals surface area contributed by atoms with Gasteiger partial charge in [0, 0.05) is 64.2 Å². The fraction of sp³-hybridized carbons (Fsp3) is 0.615. The molecule has 2 unspecified atom stereocenters. The fourth-order valence-corrected chi connectivity index (χ4v) is 6.79. The zero-order valence-electron chi connectivity index (χ0n) is 26.9. The van der Waals surface area contributed by atoms with Crippen molar-refractivity contribution in [2.75, 3.05) is 0 Å². The van der Waals surface area contributed by atoms with E-state index in [1.807, 2.05) is 0 Å². The van der Waals surface area contributed by atoms with Crippen LogP contribution in [0.5, 0.6) is 0 Å². The Labute approximate surface area is 293 Å². The lowest BCUT2D eigenvalue weighted by Gasteiger charge is -2.33. The molecule has 0 radical (unpaired) electrons. The summed E-state index contributed by atoms with van der Waals surface area (Å²) in [5.41, 5.74) is 0. The number of carboxylic acid groups (broad SMARTS) is 6. The number of hydrogen-bond acceptors (Lipinski definition) is 14. The standard InChI is InChI=1S/2C9H11NO9S.C8H14O4/c2*11-5-1-2-6(12)10(5)9(8(15)16,20(17,18)19)4-3-7(13)14;9-7(10)5-3-1-2-4-6-8(11)12/h2*1-4H2,(H,13,14)(H,15,16)(H,17,18,19);1-6H2,(H,9,10)(H,11,12). The van der Waals surface area contributed by atoms with E-state index in [-0.39, 0.29) is 22.6 Å². The van der Waals surface area contributed by atoms with Gasteiger partial charge < -0.3 is 30.6 Å². The first kappa shape index (κ1) is 46.9. The van der Waals surface area contributed by atoms with E-state index in [4.69, 9.17) is 39.7 Å². The third-order valence-electron chi connectivity index (χ3n) is 7.23. The van der Waals surface area contributed by atoms with Gasteiger partial charge in [-0.25, -0.2) is 19.4 Å². The first-order valence-corrected chi connectivity index (χ1v) is 17.6. The number of hydrogen-bond donors (Lipinski definition) is 8. The smallest absolute Gasteiger partial charge is 0.348 e. The van der Waals surface area contributed by atoms with E-state index in [0.29, 0.717) is 12.8 Å². The molecule has 2 aliphatic heterocycles. The first-order valence-electron chi connectivity index (χ1n) is 14.7. The number of carbonyl (C=O) groups is 10. The molecule has 2 heterocycles. The summed E-state index contributed by atoms with van der Waals surface area (Å²) in [6.07, 6.45) is -2.57. The van der Waals surface area contributed by atoms with Crippen LogP contribution in [0, 0.1) is 0 Å². The molecule has 2 fully saturated rings. The molecule has 52 heavy (non-hydrogen) atoms. The molecule has 0 bridgehead atoms. The second-order valence-electron chi connectivity index (χ2n) is 10.9. The normalized spacial score (nSPS) is 16.8. The Balaban J connectivity index is 0.000000778. The minimum atomic E-state index is -5.45. The van der Waals surface area contributed by atoms with Gasteiger partial charge >= 0.3 is 56.1 Å². The summed E-state index contributed by atoms with van der Waals surface area (Å²) in [4.78, 5) is 103. The van der Waals surface area contributed by atoms with E-state index in [9.17, 15) is 64.8 Å². The highest BCUT2D eigenvalue weighted by Gasteiger charge is 2.62.